The van der Waals surface area contributed by atoms with Gasteiger partial charge in [-0.2, -0.15) is 0 Å². The highest BCUT2D eigenvalue weighted by Crippen LogP contribution is 2.21. The van der Waals surface area contributed by atoms with E-state index in [1.165, 1.54) is 0 Å². The second-order valence-electron chi connectivity index (χ2n) is 5.66. The van der Waals surface area contributed by atoms with Crippen LogP contribution in [-0.2, 0) is 14.8 Å². The number of sulfonamides is 1. The van der Waals surface area contributed by atoms with E-state index in [4.69, 9.17) is 11.6 Å². The second kappa shape index (κ2) is 9.30. The normalized spacial score (nSPS) is 12.4. The summed E-state index contributed by atoms with van der Waals surface area (Å²) in [5, 5.41) is 3.47. The Morgan fingerprint density at radius 2 is 1.77 bits per heavy atom. The molecular weight excluding hydrogens is 392 g/mol. The number of carbonyl (C=O) groups excluding carboxylic acids is 1. The van der Waals surface area contributed by atoms with Crippen LogP contribution in [0.1, 0.15) is 6.92 Å². The van der Waals surface area contributed by atoms with Crippen LogP contribution in [-0.4, -0.2) is 38.9 Å². The molecule has 2 aromatic carbocycles. The number of rotatable bonds is 8. The number of amides is 1. The van der Waals surface area contributed by atoms with E-state index in [1.807, 2.05) is 24.3 Å². The van der Waals surface area contributed by atoms with E-state index in [0.717, 1.165) is 15.5 Å². The van der Waals surface area contributed by atoms with Crippen LogP contribution in [0.5, 0.6) is 0 Å². The number of para-hydroxylation sites is 1. The van der Waals surface area contributed by atoms with Gasteiger partial charge in [-0.1, -0.05) is 29.8 Å². The third-order valence-corrected chi connectivity index (χ3v) is 6.09. The summed E-state index contributed by atoms with van der Waals surface area (Å²) in [4.78, 5) is 13.5. The van der Waals surface area contributed by atoms with Gasteiger partial charge in [0.15, 0.2) is 0 Å². The summed E-state index contributed by atoms with van der Waals surface area (Å²) in [7, 11) is -3.59. The van der Waals surface area contributed by atoms with E-state index < -0.39 is 16.1 Å². The molecule has 0 aliphatic carbocycles. The average molecular weight is 413 g/mol. The lowest BCUT2D eigenvalue weighted by Crippen LogP contribution is -2.48. The van der Waals surface area contributed by atoms with Crippen molar-refractivity contribution in [2.45, 2.75) is 17.9 Å². The molecule has 1 amide bonds. The molecule has 0 aliphatic heterocycles. The van der Waals surface area contributed by atoms with Gasteiger partial charge in [0.05, 0.1) is 11.9 Å². The first-order chi connectivity index (χ1) is 12.3. The average Bonchev–Trinajstić information content (AvgIpc) is 2.60. The van der Waals surface area contributed by atoms with Crippen LogP contribution < -0.4 is 9.62 Å². The van der Waals surface area contributed by atoms with E-state index in [-0.39, 0.29) is 5.91 Å². The molecule has 0 heterocycles. The highest BCUT2D eigenvalue weighted by molar-refractivity contribution is 7.99. The molecule has 0 aliphatic rings. The predicted octanol–water partition coefficient (Wildman–Crippen LogP) is 3.40. The van der Waals surface area contributed by atoms with E-state index in [0.29, 0.717) is 23.0 Å². The minimum Gasteiger partial charge on any atom is -0.353 e. The van der Waals surface area contributed by atoms with Crippen molar-refractivity contribution in [1.82, 2.24) is 5.32 Å². The molecule has 1 N–H and O–H groups in total. The molecule has 0 bridgehead atoms. The zero-order valence-corrected chi connectivity index (χ0v) is 16.9. The Balaban J connectivity index is 1.93. The molecule has 140 valence electrons. The van der Waals surface area contributed by atoms with Crippen LogP contribution in [0.3, 0.4) is 0 Å². The molecule has 0 spiro atoms. The molecule has 0 aromatic heterocycles. The van der Waals surface area contributed by atoms with Gasteiger partial charge in [-0.25, -0.2) is 8.42 Å². The van der Waals surface area contributed by atoms with Gasteiger partial charge >= 0.3 is 0 Å². The SMILES string of the molecule is C[C@@H](C(=O)NCCSc1ccc(Cl)cc1)N(c1ccccc1)S(C)(=O)=O. The number of carbonyl (C=O) groups is 1. The number of nitrogens with zero attached hydrogens (tertiary/aromatic N) is 1. The quantitative estimate of drug-likeness (QED) is 0.533. The molecule has 0 radical (unpaired) electrons. The van der Waals surface area contributed by atoms with Gasteiger partial charge in [0, 0.05) is 22.2 Å². The maximum absolute atomic E-state index is 12.4. The van der Waals surface area contributed by atoms with Crippen molar-refractivity contribution in [2.75, 3.05) is 22.9 Å². The minimum atomic E-state index is -3.59. The lowest BCUT2D eigenvalue weighted by Gasteiger charge is -2.28. The third kappa shape index (κ3) is 5.93. The number of hydrogen-bond acceptors (Lipinski definition) is 4. The monoisotopic (exact) mass is 412 g/mol. The molecule has 5 nitrogen and oxygen atoms in total. The molecule has 2 aromatic rings. The number of halogens is 1. The lowest BCUT2D eigenvalue weighted by molar-refractivity contribution is -0.121. The summed E-state index contributed by atoms with van der Waals surface area (Å²) in [6.07, 6.45) is 1.10. The van der Waals surface area contributed by atoms with E-state index in [1.54, 1.807) is 49.0 Å². The van der Waals surface area contributed by atoms with Crippen LogP contribution in [0.2, 0.25) is 5.02 Å². The summed E-state index contributed by atoms with van der Waals surface area (Å²) in [6.45, 7) is 2.01. The Morgan fingerprint density at radius 1 is 1.15 bits per heavy atom. The van der Waals surface area contributed by atoms with Crippen molar-refractivity contribution >= 4 is 45.0 Å². The number of hydrogen-bond donors (Lipinski definition) is 1. The Bertz CT molecular complexity index is 827. The van der Waals surface area contributed by atoms with Gasteiger partial charge in [0.25, 0.3) is 0 Å². The Kier molecular flexibility index (Phi) is 7.37. The molecule has 0 unspecified atom stereocenters. The molecule has 0 fully saturated rings. The molecule has 0 saturated heterocycles. The van der Waals surface area contributed by atoms with Gasteiger partial charge in [-0.05, 0) is 43.3 Å². The summed E-state index contributed by atoms with van der Waals surface area (Å²) in [5.74, 6) is 0.334. The van der Waals surface area contributed by atoms with E-state index in [2.05, 4.69) is 5.32 Å². The van der Waals surface area contributed by atoms with Crippen LogP contribution in [0, 0.1) is 0 Å². The number of thioether (sulfide) groups is 1. The maximum atomic E-state index is 12.4. The summed E-state index contributed by atoms with van der Waals surface area (Å²) in [5.41, 5.74) is 0.466. The highest BCUT2D eigenvalue weighted by Gasteiger charge is 2.28. The fourth-order valence-corrected chi connectivity index (χ4v) is 4.47. The van der Waals surface area contributed by atoms with Crippen LogP contribution >= 0.6 is 23.4 Å². The lowest BCUT2D eigenvalue weighted by atomic mass is 10.2. The number of nitrogens with one attached hydrogen (secondary N) is 1. The highest BCUT2D eigenvalue weighted by atomic mass is 35.5. The largest absolute Gasteiger partial charge is 0.353 e. The summed E-state index contributed by atoms with van der Waals surface area (Å²) < 4.78 is 25.4. The molecule has 0 saturated carbocycles. The predicted molar refractivity (Wildman–Crippen MR) is 108 cm³/mol. The molecular formula is C18H21ClN2O3S2. The van der Waals surface area contributed by atoms with Crippen molar-refractivity contribution < 1.29 is 13.2 Å². The Morgan fingerprint density at radius 3 is 2.35 bits per heavy atom. The fourth-order valence-electron chi connectivity index (χ4n) is 2.41. The van der Waals surface area contributed by atoms with Crippen molar-refractivity contribution in [3.8, 4) is 0 Å². The van der Waals surface area contributed by atoms with E-state index in [9.17, 15) is 13.2 Å². The Labute approximate surface area is 163 Å². The zero-order valence-electron chi connectivity index (χ0n) is 14.6. The fraction of sp³-hybridized carbons (Fsp3) is 0.278. The van der Waals surface area contributed by atoms with Crippen LogP contribution in [0.4, 0.5) is 5.69 Å². The second-order valence-corrected chi connectivity index (χ2v) is 9.13. The van der Waals surface area contributed by atoms with Gasteiger partial charge in [0.2, 0.25) is 15.9 Å². The van der Waals surface area contributed by atoms with Crippen LogP contribution in [0.15, 0.2) is 59.5 Å². The molecule has 8 heteroatoms. The summed E-state index contributed by atoms with van der Waals surface area (Å²) in [6, 6.07) is 15.2. The zero-order chi connectivity index (χ0) is 19.2. The first kappa shape index (κ1) is 20.6. The third-order valence-electron chi connectivity index (χ3n) is 3.58. The first-order valence-corrected chi connectivity index (χ1v) is 11.2. The van der Waals surface area contributed by atoms with Gasteiger partial charge < -0.3 is 5.32 Å². The smallest absolute Gasteiger partial charge is 0.243 e. The molecule has 26 heavy (non-hydrogen) atoms. The van der Waals surface area contributed by atoms with Crippen molar-refractivity contribution in [2.24, 2.45) is 0 Å². The van der Waals surface area contributed by atoms with Gasteiger partial charge in [-0.3, -0.25) is 9.10 Å². The first-order valence-electron chi connectivity index (χ1n) is 7.99. The minimum absolute atomic E-state index is 0.337. The van der Waals surface area contributed by atoms with Gasteiger partial charge in [-0.15, -0.1) is 11.8 Å². The standard InChI is InChI=1S/C18H21ClN2O3S2/c1-14(21(26(2,23)24)16-6-4-3-5-7-16)18(22)20-12-13-25-17-10-8-15(19)9-11-17/h3-11,14H,12-13H2,1-2H3,(H,20,22)/t14-/m0/s1. The molecule has 1 atom stereocenters. The van der Waals surface area contributed by atoms with Crippen molar-refractivity contribution in [1.29, 1.82) is 0 Å². The van der Waals surface area contributed by atoms with Gasteiger partial charge in [0.1, 0.15) is 6.04 Å². The topological polar surface area (TPSA) is 66.5 Å². The maximum Gasteiger partial charge on any atom is 0.243 e. The van der Waals surface area contributed by atoms with Crippen molar-refractivity contribution in [3.63, 3.8) is 0 Å². The molecule has 2 rings (SSSR count). The van der Waals surface area contributed by atoms with Crippen molar-refractivity contribution in [3.05, 3.63) is 59.6 Å². The Hall–Kier alpha value is -1.70. The van der Waals surface area contributed by atoms with E-state index >= 15 is 0 Å². The van der Waals surface area contributed by atoms with Crippen LogP contribution in [0.25, 0.3) is 0 Å². The number of anilines is 1. The summed E-state index contributed by atoms with van der Waals surface area (Å²) >= 11 is 7.43. The number of benzene rings is 2.